The largest absolute Gasteiger partial charge is 0.376 e. The first-order valence-corrected chi connectivity index (χ1v) is 5.15. The number of halogens is 2. The molecule has 0 heterocycles. The number of hydrogen-bond acceptors (Lipinski definition) is 2. The molecule has 82 valence electrons. The molecule has 0 radical (unpaired) electrons. The molecule has 0 aliphatic heterocycles. The predicted molar refractivity (Wildman–Crippen MR) is 63.6 cm³/mol. The standard InChI is InChI=1S/C10H12Cl2N2O/c1-14(2)10(15)6-13-7-3-4-8(11)9(12)5-7/h3-5,13H,6H2,1-2H3. The minimum absolute atomic E-state index is 0.000993. The molecule has 0 saturated carbocycles. The Morgan fingerprint density at radius 1 is 1.33 bits per heavy atom. The Bertz CT molecular complexity index is 366. The van der Waals surface area contributed by atoms with Crippen LogP contribution in [0.25, 0.3) is 0 Å². The summed E-state index contributed by atoms with van der Waals surface area (Å²) in [6.45, 7) is 0.241. The fraction of sp³-hybridized carbons (Fsp3) is 0.300. The van der Waals surface area contributed by atoms with Gasteiger partial charge in [-0.3, -0.25) is 4.79 Å². The number of hydrogen-bond donors (Lipinski definition) is 1. The highest BCUT2D eigenvalue weighted by atomic mass is 35.5. The Hall–Kier alpha value is -0.930. The maximum absolute atomic E-state index is 11.3. The molecule has 0 bridgehead atoms. The van der Waals surface area contributed by atoms with Gasteiger partial charge in [0.15, 0.2) is 0 Å². The zero-order chi connectivity index (χ0) is 11.4. The second-order valence-electron chi connectivity index (χ2n) is 3.27. The molecule has 1 N–H and O–H groups in total. The van der Waals surface area contributed by atoms with Crippen molar-refractivity contribution in [2.24, 2.45) is 0 Å². The number of carbonyl (C=O) groups excluding carboxylic acids is 1. The monoisotopic (exact) mass is 246 g/mol. The number of benzene rings is 1. The van der Waals surface area contributed by atoms with E-state index in [2.05, 4.69) is 5.32 Å². The van der Waals surface area contributed by atoms with Gasteiger partial charge in [0.05, 0.1) is 16.6 Å². The summed E-state index contributed by atoms with van der Waals surface area (Å²) < 4.78 is 0. The van der Waals surface area contributed by atoms with Crippen molar-refractivity contribution in [2.45, 2.75) is 0 Å². The van der Waals surface area contributed by atoms with E-state index < -0.39 is 0 Å². The van der Waals surface area contributed by atoms with Crippen LogP contribution in [0.15, 0.2) is 18.2 Å². The van der Waals surface area contributed by atoms with E-state index in [1.807, 2.05) is 0 Å². The quantitative estimate of drug-likeness (QED) is 0.889. The van der Waals surface area contributed by atoms with Gasteiger partial charge in [-0.15, -0.1) is 0 Å². The molecule has 0 fully saturated rings. The summed E-state index contributed by atoms with van der Waals surface area (Å²) in [7, 11) is 3.41. The van der Waals surface area contributed by atoms with Crippen LogP contribution in [0.2, 0.25) is 10.0 Å². The zero-order valence-electron chi connectivity index (χ0n) is 8.55. The molecule has 1 aromatic rings. The molecule has 0 aromatic heterocycles. The summed E-state index contributed by atoms with van der Waals surface area (Å²) >= 11 is 11.6. The fourth-order valence-corrected chi connectivity index (χ4v) is 1.24. The van der Waals surface area contributed by atoms with Gasteiger partial charge in [0.25, 0.3) is 0 Å². The minimum atomic E-state index is 0.000993. The Kier molecular flexibility index (Phi) is 4.24. The number of anilines is 1. The summed E-state index contributed by atoms with van der Waals surface area (Å²) in [5.74, 6) is 0.000993. The topological polar surface area (TPSA) is 32.3 Å². The lowest BCUT2D eigenvalue weighted by molar-refractivity contribution is -0.126. The number of likely N-dealkylation sites (N-methyl/N-ethyl adjacent to an activating group) is 1. The van der Waals surface area contributed by atoms with Crippen molar-refractivity contribution >= 4 is 34.8 Å². The minimum Gasteiger partial charge on any atom is -0.376 e. The molecule has 3 nitrogen and oxygen atoms in total. The van der Waals surface area contributed by atoms with Crippen molar-refractivity contribution in [3.63, 3.8) is 0 Å². The summed E-state index contributed by atoms with van der Waals surface area (Å²) in [5, 5.41) is 3.93. The molecule has 1 amide bonds. The van der Waals surface area contributed by atoms with Gasteiger partial charge in [-0.2, -0.15) is 0 Å². The van der Waals surface area contributed by atoms with E-state index in [9.17, 15) is 4.79 Å². The van der Waals surface area contributed by atoms with E-state index in [1.54, 1.807) is 32.3 Å². The first-order valence-electron chi connectivity index (χ1n) is 4.40. The van der Waals surface area contributed by atoms with E-state index in [-0.39, 0.29) is 12.5 Å². The summed E-state index contributed by atoms with van der Waals surface area (Å²) in [6.07, 6.45) is 0. The lowest BCUT2D eigenvalue weighted by Crippen LogP contribution is -2.28. The van der Waals surface area contributed by atoms with E-state index in [1.165, 1.54) is 4.90 Å². The molecular formula is C10H12Cl2N2O. The highest BCUT2D eigenvalue weighted by Gasteiger charge is 2.04. The molecule has 0 aliphatic carbocycles. The lowest BCUT2D eigenvalue weighted by atomic mass is 10.3. The molecule has 0 spiro atoms. The Balaban J connectivity index is 2.58. The van der Waals surface area contributed by atoms with E-state index >= 15 is 0 Å². The van der Waals surface area contributed by atoms with Gasteiger partial charge in [-0.1, -0.05) is 23.2 Å². The van der Waals surface area contributed by atoms with Gasteiger partial charge in [-0.05, 0) is 18.2 Å². The molecule has 0 unspecified atom stereocenters. The van der Waals surface area contributed by atoms with Crippen LogP contribution < -0.4 is 5.32 Å². The third-order valence-electron chi connectivity index (χ3n) is 1.86. The first-order chi connectivity index (χ1) is 7.00. The van der Waals surface area contributed by atoms with Crippen LogP contribution in [0, 0.1) is 0 Å². The van der Waals surface area contributed by atoms with Gasteiger partial charge < -0.3 is 10.2 Å². The van der Waals surface area contributed by atoms with Gasteiger partial charge >= 0.3 is 0 Å². The smallest absolute Gasteiger partial charge is 0.241 e. The molecule has 0 atom stereocenters. The maximum Gasteiger partial charge on any atom is 0.241 e. The van der Waals surface area contributed by atoms with Crippen LogP contribution in [0.3, 0.4) is 0 Å². The van der Waals surface area contributed by atoms with Crippen molar-refractivity contribution in [3.05, 3.63) is 28.2 Å². The molecule has 1 aromatic carbocycles. The van der Waals surface area contributed by atoms with Gasteiger partial charge in [0, 0.05) is 19.8 Å². The van der Waals surface area contributed by atoms with Crippen molar-refractivity contribution < 1.29 is 4.79 Å². The SMILES string of the molecule is CN(C)C(=O)CNc1ccc(Cl)c(Cl)c1. The van der Waals surface area contributed by atoms with Crippen LogP contribution >= 0.6 is 23.2 Å². The average Bonchev–Trinajstić information content (AvgIpc) is 2.19. The van der Waals surface area contributed by atoms with Crippen LogP contribution in [-0.2, 0) is 4.79 Å². The Morgan fingerprint density at radius 2 is 2.00 bits per heavy atom. The highest BCUT2D eigenvalue weighted by molar-refractivity contribution is 6.42. The molecular weight excluding hydrogens is 235 g/mol. The van der Waals surface area contributed by atoms with Crippen LogP contribution in [0.1, 0.15) is 0 Å². The maximum atomic E-state index is 11.3. The van der Waals surface area contributed by atoms with Gasteiger partial charge in [0.1, 0.15) is 0 Å². The second-order valence-corrected chi connectivity index (χ2v) is 4.09. The molecule has 0 saturated heterocycles. The third kappa shape index (κ3) is 3.61. The number of nitrogens with zero attached hydrogens (tertiary/aromatic N) is 1. The molecule has 5 heteroatoms. The number of rotatable bonds is 3. The van der Waals surface area contributed by atoms with Gasteiger partial charge in [-0.25, -0.2) is 0 Å². The van der Waals surface area contributed by atoms with E-state index in [0.29, 0.717) is 10.0 Å². The van der Waals surface area contributed by atoms with Crippen molar-refractivity contribution in [2.75, 3.05) is 26.0 Å². The third-order valence-corrected chi connectivity index (χ3v) is 2.60. The Morgan fingerprint density at radius 3 is 2.53 bits per heavy atom. The summed E-state index contributed by atoms with van der Waals surface area (Å²) in [6, 6.07) is 5.15. The van der Waals surface area contributed by atoms with Crippen LogP contribution in [0.5, 0.6) is 0 Å². The molecule has 1 rings (SSSR count). The Labute approximate surface area is 99.0 Å². The van der Waals surface area contributed by atoms with Crippen LogP contribution in [-0.4, -0.2) is 31.4 Å². The zero-order valence-corrected chi connectivity index (χ0v) is 10.1. The second kappa shape index (κ2) is 5.24. The molecule has 15 heavy (non-hydrogen) atoms. The summed E-state index contributed by atoms with van der Waals surface area (Å²) in [4.78, 5) is 12.8. The van der Waals surface area contributed by atoms with Crippen LogP contribution in [0.4, 0.5) is 5.69 Å². The fourth-order valence-electron chi connectivity index (χ4n) is 0.942. The van der Waals surface area contributed by atoms with Crippen molar-refractivity contribution in [1.82, 2.24) is 4.90 Å². The van der Waals surface area contributed by atoms with Gasteiger partial charge in [0.2, 0.25) is 5.91 Å². The molecule has 0 aliphatic rings. The van der Waals surface area contributed by atoms with E-state index in [0.717, 1.165) is 5.69 Å². The lowest BCUT2D eigenvalue weighted by Gasteiger charge is -2.11. The normalized spacial score (nSPS) is 9.87. The summed E-state index contributed by atoms with van der Waals surface area (Å²) in [5.41, 5.74) is 0.777. The number of amides is 1. The predicted octanol–water partition coefficient (Wildman–Crippen LogP) is 2.49. The number of carbonyl (C=O) groups is 1. The number of nitrogens with one attached hydrogen (secondary N) is 1. The average molecular weight is 247 g/mol. The van der Waals surface area contributed by atoms with E-state index in [4.69, 9.17) is 23.2 Å². The van der Waals surface area contributed by atoms with Crippen molar-refractivity contribution in [1.29, 1.82) is 0 Å². The highest BCUT2D eigenvalue weighted by Crippen LogP contribution is 2.24. The van der Waals surface area contributed by atoms with Crippen molar-refractivity contribution in [3.8, 4) is 0 Å². The first kappa shape index (κ1) is 12.1.